The molecule has 1 N–H and O–H groups in total. The summed E-state index contributed by atoms with van der Waals surface area (Å²) in [5, 5.41) is 3.41. The lowest BCUT2D eigenvalue weighted by atomic mass is 9.86. The highest BCUT2D eigenvalue weighted by Crippen LogP contribution is 2.34. The zero-order valence-corrected chi connectivity index (χ0v) is 19.9. The number of halogens is 1. The van der Waals surface area contributed by atoms with Crippen LogP contribution >= 0.6 is 0 Å². The first-order valence-corrected chi connectivity index (χ1v) is 11.8. The summed E-state index contributed by atoms with van der Waals surface area (Å²) in [7, 11) is 0. The Morgan fingerprint density at radius 1 is 1.22 bits per heavy atom. The number of aromatic nitrogens is 1. The predicted molar refractivity (Wildman–Crippen MR) is 126 cm³/mol. The molecule has 1 saturated heterocycles. The number of nitrogens with zero attached hydrogens (tertiary/aromatic N) is 3. The molecule has 4 rings (SSSR count). The first-order valence-electron chi connectivity index (χ1n) is 11.8. The van der Waals surface area contributed by atoms with Crippen molar-refractivity contribution in [2.24, 2.45) is 0 Å². The van der Waals surface area contributed by atoms with Gasteiger partial charge in [-0.05, 0) is 89.7 Å². The second-order valence-corrected chi connectivity index (χ2v) is 10.1. The number of likely N-dealkylation sites (tertiary alicyclic amines) is 1. The molecule has 0 unspecified atom stereocenters. The van der Waals surface area contributed by atoms with Crippen molar-refractivity contribution in [1.29, 1.82) is 0 Å². The highest BCUT2D eigenvalue weighted by Gasteiger charge is 2.30. The van der Waals surface area contributed by atoms with Crippen molar-refractivity contribution in [3.63, 3.8) is 0 Å². The number of anilines is 1. The Hall–Kier alpha value is -2.47. The smallest absolute Gasteiger partial charge is 0.254 e. The number of fused-ring (bicyclic) bond motifs is 1. The fraction of sp³-hybridized carbons (Fsp3) is 0.538. The Morgan fingerprint density at radius 3 is 2.56 bits per heavy atom. The van der Waals surface area contributed by atoms with Crippen LogP contribution in [0.25, 0.3) is 0 Å². The highest BCUT2D eigenvalue weighted by molar-refractivity contribution is 5.99. The molecule has 172 valence electrons. The number of carbonyl (C=O) groups is 1. The van der Waals surface area contributed by atoms with Crippen molar-refractivity contribution >= 4 is 11.7 Å². The van der Waals surface area contributed by atoms with Gasteiger partial charge in [0.2, 0.25) is 0 Å². The molecule has 0 radical (unpaired) electrons. The fourth-order valence-corrected chi connectivity index (χ4v) is 4.96. The Bertz CT molecular complexity index is 992. The van der Waals surface area contributed by atoms with Gasteiger partial charge in [0.1, 0.15) is 11.6 Å². The molecule has 0 bridgehead atoms. The molecule has 3 heterocycles. The van der Waals surface area contributed by atoms with E-state index in [1.807, 2.05) is 30.9 Å². The maximum absolute atomic E-state index is 15.1. The minimum absolute atomic E-state index is 0.0495. The molecule has 1 fully saturated rings. The summed E-state index contributed by atoms with van der Waals surface area (Å²) in [4.78, 5) is 21.2. The quantitative estimate of drug-likeness (QED) is 0.684. The molecular weight excluding hydrogens is 403 g/mol. The van der Waals surface area contributed by atoms with Crippen molar-refractivity contribution in [2.75, 3.05) is 25.0 Å². The van der Waals surface area contributed by atoms with Gasteiger partial charge in [0.25, 0.3) is 5.91 Å². The van der Waals surface area contributed by atoms with Gasteiger partial charge >= 0.3 is 0 Å². The van der Waals surface area contributed by atoms with Crippen molar-refractivity contribution in [2.45, 2.75) is 71.5 Å². The molecule has 2 aliphatic rings. The first kappa shape index (κ1) is 22.7. The van der Waals surface area contributed by atoms with Crippen LogP contribution in [0.5, 0.6) is 0 Å². The molecule has 0 saturated carbocycles. The van der Waals surface area contributed by atoms with Crippen molar-refractivity contribution < 1.29 is 9.18 Å². The van der Waals surface area contributed by atoms with E-state index in [2.05, 4.69) is 36.0 Å². The van der Waals surface area contributed by atoms with E-state index in [0.29, 0.717) is 24.5 Å². The number of amides is 1. The fourth-order valence-electron chi connectivity index (χ4n) is 4.96. The Morgan fingerprint density at radius 2 is 1.94 bits per heavy atom. The predicted octanol–water partition coefficient (Wildman–Crippen LogP) is 5.35. The number of hydrogen-bond acceptors (Lipinski definition) is 4. The summed E-state index contributed by atoms with van der Waals surface area (Å²) in [5.41, 5.74) is 3.51. The molecule has 2 aromatic rings. The average Bonchev–Trinajstić information content (AvgIpc) is 3.10. The van der Waals surface area contributed by atoms with Crippen LogP contribution in [0.1, 0.15) is 86.5 Å². The Labute approximate surface area is 191 Å². The van der Waals surface area contributed by atoms with Crippen LogP contribution < -0.4 is 5.32 Å². The molecule has 5 nitrogen and oxygen atoms in total. The molecule has 6 heteroatoms. The number of benzene rings is 1. The van der Waals surface area contributed by atoms with Crippen LogP contribution in [0.2, 0.25) is 0 Å². The maximum Gasteiger partial charge on any atom is 0.254 e. The molecule has 0 spiro atoms. The number of carbonyl (C=O) groups excluding carboxylic acids is 1. The summed E-state index contributed by atoms with van der Waals surface area (Å²) in [6.45, 7) is 13.9. The normalized spacial score (nSPS) is 18.7. The van der Waals surface area contributed by atoms with E-state index in [-0.39, 0.29) is 29.2 Å². The lowest BCUT2D eigenvalue weighted by Gasteiger charge is -2.41. The topological polar surface area (TPSA) is 48.5 Å². The highest BCUT2D eigenvalue weighted by atomic mass is 19.1. The molecule has 1 atom stereocenters. The maximum atomic E-state index is 15.1. The average molecular weight is 439 g/mol. The van der Waals surface area contributed by atoms with Gasteiger partial charge in [-0.15, -0.1) is 0 Å². The van der Waals surface area contributed by atoms with Gasteiger partial charge in [-0.2, -0.15) is 0 Å². The first-order chi connectivity index (χ1) is 15.2. The third kappa shape index (κ3) is 4.38. The lowest BCUT2D eigenvalue weighted by molar-refractivity contribution is 0.0787. The standard InChI is InChI=1S/C26H35FN4O/c1-6-30-16-22-21(25(30)32)9-12-28-24(22)29-17(2)19-7-8-20(23(27)15-19)18-10-13-31(14-11-18)26(3,4)5/h7-9,12,15,17-18H,6,10-11,13-14,16H2,1-5H3,(H,28,29)/t17-/m0/s1. The zero-order valence-electron chi connectivity index (χ0n) is 19.9. The van der Waals surface area contributed by atoms with E-state index in [1.165, 1.54) is 0 Å². The number of hydrogen-bond donors (Lipinski definition) is 1. The third-order valence-corrected chi connectivity index (χ3v) is 7.07. The van der Waals surface area contributed by atoms with Crippen molar-refractivity contribution in [3.8, 4) is 0 Å². The summed E-state index contributed by atoms with van der Waals surface area (Å²) < 4.78 is 15.1. The van der Waals surface area contributed by atoms with Crippen LogP contribution in [0.3, 0.4) is 0 Å². The second kappa shape index (κ2) is 8.81. The Kier molecular flexibility index (Phi) is 6.26. The number of pyridine rings is 1. The number of piperidine rings is 1. The van der Waals surface area contributed by atoms with Crippen molar-refractivity contribution in [1.82, 2.24) is 14.8 Å². The lowest BCUT2D eigenvalue weighted by Crippen LogP contribution is -2.45. The van der Waals surface area contributed by atoms with E-state index in [1.54, 1.807) is 18.3 Å². The SMILES string of the molecule is CCN1Cc2c(ccnc2N[C@@H](C)c2ccc(C3CCN(C(C)(C)C)CC3)c(F)c2)C1=O. The second-order valence-electron chi connectivity index (χ2n) is 10.1. The number of nitrogens with one attached hydrogen (secondary N) is 1. The largest absolute Gasteiger partial charge is 0.363 e. The van der Waals surface area contributed by atoms with Crippen LogP contribution in [0.4, 0.5) is 10.2 Å². The van der Waals surface area contributed by atoms with Gasteiger partial charge in [-0.3, -0.25) is 9.69 Å². The van der Waals surface area contributed by atoms with Gasteiger partial charge in [-0.25, -0.2) is 9.37 Å². The van der Waals surface area contributed by atoms with Crippen LogP contribution in [-0.2, 0) is 6.54 Å². The molecule has 0 aliphatic carbocycles. The van der Waals surface area contributed by atoms with E-state index < -0.39 is 0 Å². The molecule has 32 heavy (non-hydrogen) atoms. The summed E-state index contributed by atoms with van der Waals surface area (Å²) in [6, 6.07) is 7.31. The molecule has 1 amide bonds. The van der Waals surface area contributed by atoms with Gasteiger partial charge < -0.3 is 10.2 Å². The van der Waals surface area contributed by atoms with E-state index in [4.69, 9.17) is 0 Å². The van der Waals surface area contributed by atoms with Crippen molar-refractivity contribution in [3.05, 3.63) is 58.5 Å². The van der Waals surface area contributed by atoms with E-state index in [9.17, 15) is 4.79 Å². The molecule has 1 aromatic carbocycles. The minimum Gasteiger partial charge on any atom is -0.363 e. The van der Waals surface area contributed by atoms with Gasteiger partial charge in [0.15, 0.2) is 0 Å². The summed E-state index contributed by atoms with van der Waals surface area (Å²) >= 11 is 0. The monoisotopic (exact) mass is 438 g/mol. The third-order valence-electron chi connectivity index (χ3n) is 7.07. The number of rotatable bonds is 5. The van der Waals surface area contributed by atoms with Crippen LogP contribution in [0, 0.1) is 5.82 Å². The van der Waals surface area contributed by atoms with Crippen LogP contribution in [-0.4, -0.2) is 45.9 Å². The zero-order chi connectivity index (χ0) is 23.0. The minimum atomic E-state index is -0.121. The summed E-state index contributed by atoms with van der Waals surface area (Å²) in [5.74, 6) is 0.909. The Balaban J connectivity index is 1.46. The van der Waals surface area contributed by atoms with E-state index in [0.717, 1.165) is 42.6 Å². The van der Waals surface area contributed by atoms with E-state index >= 15 is 4.39 Å². The van der Waals surface area contributed by atoms with Gasteiger partial charge in [-0.1, -0.05) is 12.1 Å². The van der Waals surface area contributed by atoms with Gasteiger partial charge in [0.05, 0.1) is 12.6 Å². The molecule has 1 aromatic heterocycles. The molecule has 2 aliphatic heterocycles. The van der Waals surface area contributed by atoms with Crippen LogP contribution in [0.15, 0.2) is 30.5 Å². The summed E-state index contributed by atoms with van der Waals surface area (Å²) in [6.07, 6.45) is 3.64. The van der Waals surface area contributed by atoms with Gasteiger partial charge in [0, 0.05) is 29.4 Å². The molecular formula is C26H35FN4O.